The molecule has 0 spiro atoms. The van der Waals surface area contributed by atoms with Crippen molar-refractivity contribution in [2.45, 2.75) is 25.8 Å². The topological polar surface area (TPSA) is 46.3 Å². The smallest absolute Gasteiger partial charge is 0.0363 e. The van der Waals surface area contributed by atoms with Crippen LogP contribution >= 0.6 is 0 Å². The lowest BCUT2D eigenvalue weighted by Gasteiger charge is -2.29. The van der Waals surface area contributed by atoms with E-state index in [0.29, 0.717) is 0 Å². The number of nitrogens with two attached hydrogens (primary N) is 1. The minimum absolute atomic E-state index is 0.0728. The summed E-state index contributed by atoms with van der Waals surface area (Å²) in [7, 11) is -0.559. The van der Waals surface area contributed by atoms with E-state index in [1.807, 2.05) is 0 Å². The Morgan fingerprint density at radius 1 is 1.38 bits per heavy atom. The molecular formula is C9H20N2OS. The van der Waals surface area contributed by atoms with Crippen molar-refractivity contribution in [3.05, 3.63) is 0 Å². The fourth-order valence-electron chi connectivity index (χ4n) is 1.35. The summed E-state index contributed by atoms with van der Waals surface area (Å²) in [5, 5.41) is 0. The molecule has 0 aromatic heterocycles. The lowest BCUT2D eigenvalue weighted by molar-refractivity contribution is 0.269. The van der Waals surface area contributed by atoms with Crippen molar-refractivity contribution in [3.63, 3.8) is 0 Å². The van der Waals surface area contributed by atoms with Gasteiger partial charge in [0.25, 0.3) is 0 Å². The molecule has 1 heterocycles. The van der Waals surface area contributed by atoms with Gasteiger partial charge in [-0.15, -0.1) is 0 Å². The van der Waals surface area contributed by atoms with Crippen LogP contribution in [0.1, 0.15) is 20.3 Å². The van der Waals surface area contributed by atoms with E-state index in [1.54, 1.807) is 0 Å². The summed E-state index contributed by atoms with van der Waals surface area (Å²) in [6, 6.07) is 0. The molecule has 0 aromatic rings. The Morgan fingerprint density at radius 3 is 2.38 bits per heavy atom. The van der Waals surface area contributed by atoms with Gasteiger partial charge in [-0.05, 0) is 26.8 Å². The third kappa shape index (κ3) is 4.74. The van der Waals surface area contributed by atoms with Crippen molar-refractivity contribution in [1.82, 2.24) is 4.90 Å². The maximum Gasteiger partial charge on any atom is 0.0363 e. The zero-order chi connectivity index (χ0) is 9.90. The summed E-state index contributed by atoms with van der Waals surface area (Å²) in [5.41, 5.74) is 5.82. The fraction of sp³-hybridized carbons (Fsp3) is 1.00. The van der Waals surface area contributed by atoms with Crippen LogP contribution in [0.2, 0.25) is 0 Å². The van der Waals surface area contributed by atoms with E-state index < -0.39 is 10.8 Å². The maximum absolute atomic E-state index is 11.1. The molecule has 1 aliphatic heterocycles. The second kappa shape index (κ2) is 4.53. The van der Waals surface area contributed by atoms with E-state index in [9.17, 15) is 4.21 Å². The van der Waals surface area contributed by atoms with Gasteiger partial charge in [-0.1, -0.05) is 0 Å². The lowest BCUT2D eigenvalue weighted by atomic mass is 10.0. The highest BCUT2D eigenvalue weighted by Crippen LogP contribution is 2.07. The first-order valence-electron chi connectivity index (χ1n) is 4.83. The van der Waals surface area contributed by atoms with Gasteiger partial charge >= 0.3 is 0 Å². The van der Waals surface area contributed by atoms with Gasteiger partial charge in [0, 0.05) is 40.9 Å². The van der Waals surface area contributed by atoms with Crippen LogP contribution in [0.15, 0.2) is 0 Å². The molecule has 4 heteroatoms. The Hall–Kier alpha value is 0.0700. The minimum Gasteiger partial charge on any atom is -0.326 e. The monoisotopic (exact) mass is 204 g/mol. The number of hydrogen-bond donors (Lipinski definition) is 1. The van der Waals surface area contributed by atoms with Gasteiger partial charge in [0.1, 0.15) is 0 Å². The molecule has 0 aliphatic carbocycles. The van der Waals surface area contributed by atoms with Crippen LogP contribution in [-0.4, -0.2) is 45.8 Å². The van der Waals surface area contributed by atoms with Crippen molar-refractivity contribution in [2.75, 3.05) is 31.1 Å². The molecular weight excluding hydrogens is 184 g/mol. The van der Waals surface area contributed by atoms with Gasteiger partial charge in [0.15, 0.2) is 0 Å². The van der Waals surface area contributed by atoms with Crippen LogP contribution in [0.4, 0.5) is 0 Å². The number of nitrogens with zero attached hydrogens (tertiary/aromatic N) is 1. The van der Waals surface area contributed by atoms with Crippen molar-refractivity contribution in [1.29, 1.82) is 0 Å². The van der Waals surface area contributed by atoms with Crippen LogP contribution in [0.5, 0.6) is 0 Å². The molecule has 0 radical (unpaired) electrons. The standard InChI is InChI=1S/C9H20N2OS/c1-9(2,10)3-4-11-5-7-13(12)8-6-11/h3-8,10H2,1-2H3. The van der Waals surface area contributed by atoms with E-state index in [1.165, 1.54) is 0 Å². The molecule has 0 bridgehead atoms. The van der Waals surface area contributed by atoms with E-state index in [0.717, 1.165) is 37.6 Å². The van der Waals surface area contributed by atoms with Gasteiger partial charge < -0.3 is 10.6 Å². The summed E-state index contributed by atoms with van der Waals surface area (Å²) >= 11 is 0. The van der Waals surface area contributed by atoms with E-state index in [2.05, 4.69) is 18.7 Å². The van der Waals surface area contributed by atoms with Crippen LogP contribution < -0.4 is 5.73 Å². The summed E-state index contributed by atoms with van der Waals surface area (Å²) in [6.45, 7) is 7.09. The van der Waals surface area contributed by atoms with E-state index in [4.69, 9.17) is 5.73 Å². The van der Waals surface area contributed by atoms with E-state index >= 15 is 0 Å². The molecule has 1 fully saturated rings. The van der Waals surface area contributed by atoms with Gasteiger partial charge in [0.05, 0.1) is 0 Å². The van der Waals surface area contributed by atoms with Crippen molar-refractivity contribution < 1.29 is 4.21 Å². The third-order valence-corrected chi connectivity index (χ3v) is 3.62. The first kappa shape index (κ1) is 11.1. The van der Waals surface area contributed by atoms with Crippen molar-refractivity contribution >= 4 is 10.8 Å². The number of hydrogen-bond acceptors (Lipinski definition) is 3. The normalized spacial score (nSPS) is 22.1. The van der Waals surface area contributed by atoms with E-state index in [-0.39, 0.29) is 5.54 Å². The van der Waals surface area contributed by atoms with Crippen LogP contribution in [0.25, 0.3) is 0 Å². The second-order valence-electron chi connectivity index (χ2n) is 4.43. The first-order chi connectivity index (χ1) is 5.97. The third-order valence-electron chi connectivity index (χ3n) is 2.34. The Labute approximate surface area is 83.1 Å². The van der Waals surface area contributed by atoms with Gasteiger partial charge in [-0.2, -0.15) is 0 Å². The van der Waals surface area contributed by atoms with Crippen molar-refractivity contribution in [3.8, 4) is 0 Å². The molecule has 1 saturated heterocycles. The fourth-order valence-corrected chi connectivity index (χ4v) is 2.47. The minimum atomic E-state index is -0.559. The largest absolute Gasteiger partial charge is 0.326 e. The Balaban J connectivity index is 2.20. The average molecular weight is 204 g/mol. The summed E-state index contributed by atoms with van der Waals surface area (Å²) in [6.07, 6.45) is 1.01. The average Bonchev–Trinajstić information content (AvgIpc) is 2.02. The maximum atomic E-state index is 11.1. The molecule has 13 heavy (non-hydrogen) atoms. The molecule has 78 valence electrons. The highest BCUT2D eigenvalue weighted by Gasteiger charge is 2.17. The molecule has 1 aliphatic rings. The van der Waals surface area contributed by atoms with Crippen molar-refractivity contribution in [2.24, 2.45) is 5.73 Å². The number of rotatable bonds is 3. The van der Waals surface area contributed by atoms with Gasteiger partial charge in [0.2, 0.25) is 0 Å². The highest BCUT2D eigenvalue weighted by molar-refractivity contribution is 7.85. The Bertz CT molecular complexity index is 179. The van der Waals surface area contributed by atoms with Gasteiger partial charge in [-0.25, -0.2) is 0 Å². The summed E-state index contributed by atoms with van der Waals surface area (Å²) < 4.78 is 11.1. The SMILES string of the molecule is CC(C)(N)CCN1CCS(=O)CC1. The molecule has 0 amide bonds. The summed E-state index contributed by atoms with van der Waals surface area (Å²) in [5.74, 6) is 1.68. The predicted octanol–water partition coefficient (Wildman–Crippen LogP) is 0.178. The molecule has 1 rings (SSSR count). The second-order valence-corrected chi connectivity index (χ2v) is 6.12. The first-order valence-corrected chi connectivity index (χ1v) is 6.32. The lowest BCUT2D eigenvalue weighted by Crippen LogP contribution is -2.42. The quantitative estimate of drug-likeness (QED) is 0.713. The zero-order valence-electron chi connectivity index (χ0n) is 8.58. The Morgan fingerprint density at radius 2 is 1.92 bits per heavy atom. The van der Waals surface area contributed by atoms with Crippen LogP contribution in [-0.2, 0) is 10.8 Å². The Kier molecular flexibility index (Phi) is 3.88. The molecule has 3 nitrogen and oxygen atoms in total. The molecule has 0 unspecified atom stereocenters. The predicted molar refractivity (Wildman–Crippen MR) is 57.2 cm³/mol. The molecule has 0 saturated carbocycles. The molecule has 0 aromatic carbocycles. The van der Waals surface area contributed by atoms with Gasteiger partial charge in [-0.3, -0.25) is 4.21 Å². The highest BCUT2D eigenvalue weighted by atomic mass is 32.2. The summed E-state index contributed by atoms with van der Waals surface area (Å²) in [4.78, 5) is 2.36. The molecule has 0 atom stereocenters. The molecule has 2 N–H and O–H groups in total. The van der Waals surface area contributed by atoms with Crippen LogP contribution in [0, 0.1) is 0 Å². The van der Waals surface area contributed by atoms with Crippen LogP contribution in [0.3, 0.4) is 0 Å². The zero-order valence-corrected chi connectivity index (χ0v) is 9.40.